The summed E-state index contributed by atoms with van der Waals surface area (Å²) in [5.41, 5.74) is 7.35. The lowest BCUT2D eigenvalue weighted by Gasteiger charge is -2.18. The Morgan fingerprint density at radius 2 is 2.24 bits per heavy atom. The van der Waals surface area contributed by atoms with Crippen LogP contribution < -0.4 is 15.2 Å². The quantitative estimate of drug-likeness (QED) is 0.742. The van der Waals surface area contributed by atoms with Crippen LogP contribution in [-0.4, -0.2) is 39.5 Å². The molecule has 118 valence electrons. The van der Waals surface area contributed by atoms with Gasteiger partial charge >= 0.3 is 0 Å². The molecule has 0 saturated carbocycles. The summed E-state index contributed by atoms with van der Waals surface area (Å²) in [4.78, 5) is 0. The minimum atomic E-state index is -3.50. The highest BCUT2D eigenvalue weighted by molar-refractivity contribution is 9.10. The Balaban J connectivity index is 2.06. The number of hydrogen-bond donors (Lipinski definition) is 2. The molecule has 3 N–H and O–H groups in total. The highest BCUT2D eigenvalue weighted by Crippen LogP contribution is 2.32. The van der Waals surface area contributed by atoms with Gasteiger partial charge < -0.3 is 10.5 Å². The fraction of sp³-hybridized carbons (Fsp3) is 0.538. The molecule has 1 aliphatic rings. The molecular weight excluding hydrogens is 358 g/mol. The van der Waals surface area contributed by atoms with E-state index in [9.17, 15) is 8.42 Å². The molecule has 8 heteroatoms. The summed E-state index contributed by atoms with van der Waals surface area (Å²) in [6, 6.07) is 3.89. The van der Waals surface area contributed by atoms with E-state index in [1.807, 2.05) is 12.1 Å². The van der Waals surface area contributed by atoms with Crippen molar-refractivity contribution < 1.29 is 13.2 Å². The third-order valence-corrected chi connectivity index (χ3v) is 5.33. The molecule has 0 amide bonds. The van der Waals surface area contributed by atoms with Gasteiger partial charge in [-0.3, -0.25) is 0 Å². The van der Waals surface area contributed by atoms with Crippen LogP contribution in [0.25, 0.3) is 0 Å². The van der Waals surface area contributed by atoms with Crippen molar-refractivity contribution in [1.29, 1.82) is 0 Å². The number of nitrogens with one attached hydrogen (secondary N) is 1. The predicted octanol–water partition coefficient (Wildman–Crippen LogP) is 0.999. The molecule has 0 bridgehead atoms. The van der Waals surface area contributed by atoms with Crippen molar-refractivity contribution in [1.82, 2.24) is 9.03 Å². The largest absolute Gasteiger partial charge is 0.493 e. The first-order valence-corrected chi connectivity index (χ1v) is 9.02. The highest BCUT2D eigenvalue weighted by Gasteiger charge is 2.21. The van der Waals surface area contributed by atoms with Crippen LogP contribution in [0.5, 0.6) is 5.75 Å². The van der Waals surface area contributed by atoms with Crippen molar-refractivity contribution >= 4 is 26.1 Å². The fourth-order valence-electron chi connectivity index (χ4n) is 2.19. The minimum absolute atomic E-state index is 0.205. The lowest BCUT2D eigenvalue weighted by Crippen LogP contribution is -2.38. The van der Waals surface area contributed by atoms with Crippen LogP contribution in [0.3, 0.4) is 0 Å². The maximum absolute atomic E-state index is 12.1. The van der Waals surface area contributed by atoms with Gasteiger partial charge in [-0.05, 0) is 30.7 Å². The van der Waals surface area contributed by atoms with E-state index < -0.39 is 10.2 Å². The van der Waals surface area contributed by atoms with Gasteiger partial charge in [-0.1, -0.05) is 15.9 Å². The van der Waals surface area contributed by atoms with Gasteiger partial charge in [-0.2, -0.15) is 17.4 Å². The van der Waals surface area contributed by atoms with Gasteiger partial charge in [0, 0.05) is 36.6 Å². The first-order chi connectivity index (χ1) is 9.94. The number of nitrogens with zero attached hydrogens (tertiary/aromatic N) is 1. The Hall–Kier alpha value is -0.670. The summed E-state index contributed by atoms with van der Waals surface area (Å²) in [6.07, 6.45) is 1.48. The molecule has 2 rings (SSSR count). The Labute approximate surface area is 134 Å². The molecular formula is C13H20BrN3O3S. The third kappa shape index (κ3) is 4.17. The Morgan fingerprint density at radius 3 is 2.95 bits per heavy atom. The molecule has 1 aromatic rings. The number of halogens is 1. The summed E-state index contributed by atoms with van der Waals surface area (Å²) < 4.78 is 34.6. The van der Waals surface area contributed by atoms with Gasteiger partial charge in [0.05, 0.1) is 6.61 Å². The first-order valence-electron chi connectivity index (χ1n) is 6.79. The van der Waals surface area contributed by atoms with Gasteiger partial charge in [-0.25, -0.2) is 0 Å². The third-order valence-electron chi connectivity index (χ3n) is 3.36. The smallest absolute Gasteiger partial charge is 0.279 e. The lowest BCUT2D eigenvalue weighted by molar-refractivity contribution is 0.353. The second kappa shape index (κ2) is 7.06. The first kappa shape index (κ1) is 16.7. The maximum atomic E-state index is 12.1. The lowest BCUT2D eigenvalue weighted by atomic mass is 10.1. The average molecular weight is 378 g/mol. The summed E-state index contributed by atoms with van der Waals surface area (Å²) in [6.45, 7) is 1.71. The molecule has 0 saturated heterocycles. The van der Waals surface area contributed by atoms with Crippen molar-refractivity contribution in [2.24, 2.45) is 5.73 Å². The topological polar surface area (TPSA) is 84.7 Å². The highest BCUT2D eigenvalue weighted by atomic mass is 79.9. The van der Waals surface area contributed by atoms with Gasteiger partial charge in [-0.15, -0.1) is 0 Å². The van der Waals surface area contributed by atoms with Crippen molar-refractivity contribution in [3.63, 3.8) is 0 Å². The standard InChI is InChI=1S/C13H20BrN3O3S/c1-17(5-2-4-15)21(18,19)16-9-11-8-12(14)7-10-3-6-20-13(10)11/h7-8,16H,2-6,9,15H2,1H3. The number of benzene rings is 1. The molecule has 21 heavy (non-hydrogen) atoms. The van der Waals surface area contributed by atoms with Gasteiger partial charge in [0.25, 0.3) is 10.2 Å². The van der Waals surface area contributed by atoms with Crippen LogP contribution in [0.1, 0.15) is 17.5 Å². The van der Waals surface area contributed by atoms with Crippen molar-refractivity contribution in [2.75, 3.05) is 26.7 Å². The van der Waals surface area contributed by atoms with E-state index in [1.54, 1.807) is 7.05 Å². The zero-order chi connectivity index (χ0) is 15.5. The summed E-state index contributed by atoms with van der Waals surface area (Å²) >= 11 is 3.44. The van der Waals surface area contributed by atoms with Crippen LogP contribution in [0, 0.1) is 0 Å². The van der Waals surface area contributed by atoms with E-state index in [4.69, 9.17) is 10.5 Å². The molecule has 0 spiro atoms. The second-order valence-electron chi connectivity index (χ2n) is 4.94. The van der Waals surface area contributed by atoms with Gasteiger partial charge in [0.1, 0.15) is 5.75 Å². The molecule has 6 nitrogen and oxygen atoms in total. The minimum Gasteiger partial charge on any atom is -0.493 e. The van der Waals surface area contributed by atoms with Crippen molar-refractivity contribution in [2.45, 2.75) is 19.4 Å². The van der Waals surface area contributed by atoms with Crippen LogP contribution in [0.15, 0.2) is 16.6 Å². The van der Waals surface area contributed by atoms with E-state index in [-0.39, 0.29) is 6.54 Å². The van der Waals surface area contributed by atoms with Crippen molar-refractivity contribution in [3.8, 4) is 5.75 Å². The van der Waals surface area contributed by atoms with Gasteiger partial charge in [0.15, 0.2) is 0 Å². The zero-order valence-electron chi connectivity index (χ0n) is 11.9. The molecule has 0 fully saturated rings. The van der Waals surface area contributed by atoms with E-state index in [0.29, 0.717) is 26.1 Å². The molecule has 0 atom stereocenters. The van der Waals surface area contributed by atoms with Gasteiger partial charge in [0.2, 0.25) is 0 Å². The number of rotatable bonds is 7. The average Bonchev–Trinajstić information content (AvgIpc) is 2.90. The number of nitrogens with two attached hydrogens (primary N) is 1. The number of ether oxygens (including phenoxy) is 1. The summed E-state index contributed by atoms with van der Waals surface area (Å²) in [5.74, 6) is 0.797. The monoisotopic (exact) mass is 377 g/mol. The summed E-state index contributed by atoms with van der Waals surface area (Å²) in [5, 5.41) is 0. The Morgan fingerprint density at radius 1 is 1.48 bits per heavy atom. The van der Waals surface area contributed by atoms with E-state index in [0.717, 1.165) is 27.8 Å². The van der Waals surface area contributed by atoms with E-state index in [1.165, 1.54) is 4.31 Å². The summed E-state index contributed by atoms with van der Waals surface area (Å²) in [7, 11) is -1.96. The maximum Gasteiger partial charge on any atom is 0.279 e. The fourth-order valence-corrected chi connectivity index (χ4v) is 3.67. The van der Waals surface area contributed by atoms with Crippen LogP contribution in [0.2, 0.25) is 0 Å². The molecule has 0 aromatic heterocycles. The second-order valence-corrected chi connectivity index (χ2v) is 7.72. The van der Waals surface area contributed by atoms with Crippen LogP contribution >= 0.6 is 15.9 Å². The van der Waals surface area contributed by atoms with Crippen molar-refractivity contribution in [3.05, 3.63) is 27.7 Å². The predicted molar refractivity (Wildman–Crippen MR) is 85.4 cm³/mol. The number of hydrogen-bond acceptors (Lipinski definition) is 4. The molecule has 1 aliphatic heterocycles. The SMILES string of the molecule is CN(CCCN)S(=O)(=O)NCc1cc(Br)cc2c1OCC2. The normalized spacial score (nSPS) is 14.3. The van der Waals surface area contributed by atoms with E-state index >= 15 is 0 Å². The Kier molecular flexibility index (Phi) is 5.61. The van der Waals surface area contributed by atoms with E-state index in [2.05, 4.69) is 20.7 Å². The number of fused-ring (bicyclic) bond motifs is 1. The molecule has 0 aliphatic carbocycles. The zero-order valence-corrected chi connectivity index (χ0v) is 14.3. The molecule has 0 unspecified atom stereocenters. The van der Waals surface area contributed by atoms with Crippen LogP contribution in [-0.2, 0) is 23.2 Å². The Bertz CT molecular complexity index is 607. The molecule has 1 aromatic carbocycles. The van der Waals surface area contributed by atoms with Crippen LogP contribution in [0.4, 0.5) is 0 Å². The molecule has 0 radical (unpaired) electrons. The molecule has 1 heterocycles.